The minimum absolute atomic E-state index is 0.0200. The second-order valence-corrected chi connectivity index (χ2v) is 10.3. The standard InChI is InChI=1S/C36H26N2/c1-24-12-2-3-13-25(24)34-18-8-10-20-37(34)36-33-23-31-29-17-7-5-15-27(29)26-14-4-6-16-28(26)30(31)22-32(33)35-19-9-11-21-38(35)36/h2-23,36H,1H3/q+2. The average molecular weight is 487 g/mol. The van der Waals surface area contributed by atoms with E-state index >= 15 is 0 Å². The fourth-order valence-corrected chi connectivity index (χ4v) is 6.49. The normalized spacial score (nSPS) is 14.2. The van der Waals surface area contributed by atoms with E-state index in [4.69, 9.17) is 0 Å². The van der Waals surface area contributed by atoms with Crippen molar-refractivity contribution >= 4 is 32.3 Å². The van der Waals surface area contributed by atoms with Crippen LogP contribution in [-0.4, -0.2) is 0 Å². The zero-order valence-corrected chi connectivity index (χ0v) is 21.2. The van der Waals surface area contributed by atoms with Gasteiger partial charge in [-0.1, -0.05) is 66.7 Å². The summed E-state index contributed by atoms with van der Waals surface area (Å²) >= 11 is 0. The lowest BCUT2D eigenvalue weighted by Gasteiger charge is -2.13. The molecule has 2 nitrogen and oxygen atoms in total. The van der Waals surface area contributed by atoms with Crippen molar-refractivity contribution in [3.8, 4) is 22.5 Å². The minimum atomic E-state index is 0.0200. The molecule has 0 bridgehead atoms. The van der Waals surface area contributed by atoms with Crippen LogP contribution in [0.5, 0.6) is 0 Å². The first-order valence-corrected chi connectivity index (χ1v) is 13.2. The van der Waals surface area contributed by atoms with E-state index < -0.39 is 0 Å². The van der Waals surface area contributed by atoms with Gasteiger partial charge in [-0.3, -0.25) is 0 Å². The van der Waals surface area contributed by atoms with E-state index in [9.17, 15) is 0 Å². The highest BCUT2D eigenvalue weighted by Gasteiger charge is 2.44. The largest absolute Gasteiger partial charge is 0.381 e. The first-order chi connectivity index (χ1) is 18.8. The third-order valence-electron chi connectivity index (χ3n) is 8.20. The number of nitrogens with zero attached hydrogens (tertiary/aromatic N) is 2. The Bertz CT molecular complexity index is 2050. The molecule has 8 rings (SSSR count). The lowest BCUT2D eigenvalue weighted by molar-refractivity contribution is -0.920. The van der Waals surface area contributed by atoms with Crippen LogP contribution < -0.4 is 9.13 Å². The Balaban J connectivity index is 1.49. The van der Waals surface area contributed by atoms with E-state index in [1.54, 1.807) is 0 Å². The number of fused-ring (bicyclic) bond motifs is 9. The van der Waals surface area contributed by atoms with E-state index in [2.05, 4.69) is 150 Å². The van der Waals surface area contributed by atoms with Crippen LogP contribution in [0.25, 0.3) is 54.8 Å². The number of hydrogen-bond acceptors (Lipinski definition) is 0. The van der Waals surface area contributed by atoms with Crippen molar-refractivity contribution in [2.45, 2.75) is 13.1 Å². The number of pyridine rings is 2. The molecule has 5 aromatic carbocycles. The molecular formula is C36H26N2+2. The second-order valence-electron chi connectivity index (χ2n) is 10.3. The van der Waals surface area contributed by atoms with Crippen LogP contribution in [0, 0.1) is 6.92 Å². The Kier molecular flexibility index (Phi) is 4.53. The summed E-state index contributed by atoms with van der Waals surface area (Å²) < 4.78 is 4.86. The van der Waals surface area contributed by atoms with Crippen molar-refractivity contribution in [3.63, 3.8) is 0 Å². The molecule has 0 saturated heterocycles. The summed E-state index contributed by atoms with van der Waals surface area (Å²) in [7, 11) is 0. The second kappa shape index (κ2) is 8.09. The smallest absolute Gasteiger partial charge is 0.132 e. The summed E-state index contributed by atoms with van der Waals surface area (Å²) in [5.41, 5.74) is 7.63. The molecule has 0 aliphatic carbocycles. The van der Waals surface area contributed by atoms with Gasteiger partial charge in [-0.2, -0.15) is 0 Å². The van der Waals surface area contributed by atoms with Crippen molar-refractivity contribution in [1.29, 1.82) is 0 Å². The SMILES string of the molecule is Cc1ccccc1-c1cccc[n+]1C1c2cc3c4ccccc4c4ccccc4c3cc2-c2cccc[n+]21. The first-order valence-electron chi connectivity index (χ1n) is 13.2. The molecule has 2 aromatic heterocycles. The van der Waals surface area contributed by atoms with Crippen molar-refractivity contribution < 1.29 is 9.13 Å². The lowest BCUT2D eigenvalue weighted by atomic mass is 9.91. The van der Waals surface area contributed by atoms with Gasteiger partial charge in [0.1, 0.15) is 5.56 Å². The summed E-state index contributed by atoms with van der Waals surface area (Å²) in [5, 5.41) is 7.86. The Morgan fingerprint density at radius 3 is 1.53 bits per heavy atom. The molecule has 7 aromatic rings. The van der Waals surface area contributed by atoms with Crippen LogP contribution in [0.15, 0.2) is 134 Å². The van der Waals surface area contributed by atoms with E-state index in [-0.39, 0.29) is 6.17 Å². The Morgan fingerprint density at radius 1 is 0.447 bits per heavy atom. The number of aryl methyl sites for hydroxylation is 1. The van der Waals surface area contributed by atoms with Gasteiger partial charge in [0, 0.05) is 29.8 Å². The van der Waals surface area contributed by atoms with Crippen LogP contribution >= 0.6 is 0 Å². The molecule has 1 aliphatic heterocycles. The molecule has 0 amide bonds. The van der Waals surface area contributed by atoms with E-state index in [1.165, 1.54) is 66.0 Å². The zero-order valence-electron chi connectivity index (χ0n) is 21.2. The minimum Gasteiger partial charge on any atom is -0.132 e. The molecule has 0 fully saturated rings. The number of rotatable bonds is 2. The number of benzene rings is 5. The van der Waals surface area contributed by atoms with Gasteiger partial charge in [-0.25, -0.2) is 0 Å². The van der Waals surface area contributed by atoms with Gasteiger partial charge in [0.15, 0.2) is 12.4 Å². The van der Waals surface area contributed by atoms with Gasteiger partial charge in [0.2, 0.25) is 11.4 Å². The Morgan fingerprint density at radius 2 is 0.921 bits per heavy atom. The van der Waals surface area contributed by atoms with Crippen molar-refractivity contribution in [1.82, 2.24) is 0 Å². The van der Waals surface area contributed by atoms with Gasteiger partial charge < -0.3 is 0 Å². The molecule has 2 heteroatoms. The molecule has 1 unspecified atom stereocenters. The Hall–Kier alpha value is -4.82. The summed E-state index contributed by atoms with van der Waals surface area (Å²) in [6, 6.07) is 44.3. The Labute approximate surface area is 221 Å². The maximum absolute atomic E-state index is 2.46. The monoisotopic (exact) mass is 486 g/mol. The van der Waals surface area contributed by atoms with Crippen molar-refractivity contribution in [2.24, 2.45) is 0 Å². The molecular weight excluding hydrogens is 460 g/mol. The predicted molar refractivity (Wildman–Crippen MR) is 155 cm³/mol. The highest BCUT2D eigenvalue weighted by molar-refractivity contribution is 6.25. The van der Waals surface area contributed by atoms with E-state index in [1.807, 2.05) is 0 Å². The molecule has 3 heterocycles. The van der Waals surface area contributed by atoms with Crippen molar-refractivity contribution in [2.75, 3.05) is 0 Å². The van der Waals surface area contributed by atoms with Crippen LogP contribution in [0.1, 0.15) is 17.3 Å². The molecule has 0 spiro atoms. The van der Waals surface area contributed by atoms with Gasteiger partial charge in [0.05, 0.1) is 5.56 Å². The highest BCUT2D eigenvalue weighted by Crippen LogP contribution is 2.41. The third kappa shape index (κ3) is 2.95. The average Bonchev–Trinajstić information content (AvgIpc) is 3.30. The lowest BCUT2D eigenvalue weighted by Crippen LogP contribution is -2.56. The van der Waals surface area contributed by atoms with E-state index in [0.717, 1.165) is 0 Å². The topological polar surface area (TPSA) is 7.76 Å². The molecule has 178 valence electrons. The van der Waals surface area contributed by atoms with E-state index in [0.29, 0.717) is 0 Å². The molecule has 0 N–H and O–H groups in total. The van der Waals surface area contributed by atoms with Gasteiger partial charge >= 0.3 is 6.17 Å². The summed E-state index contributed by atoms with van der Waals surface area (Å²) in [6.07, 6.45) is 4.47. The number of aromatic nitrogens is 2. The summed E-state index contributed by atoms with van der Waals surface area (Å²) in [4.78, 5) is 0. The summed E-state index contributed by atoms with van der Waals surface area (Å²) in [6.45, 7) is 2.20. The number of hydrogen-bond donors (Lipinski definition) is 0. The maximum atomic E-state index is 2.46. The van der Waals surface area contributed by atoms with Gasteiger partial charge in [-0.15, -0.1) is 9.13 Å². The third-order valence-corrected chi connectivity index (χ3v) is 8.20. The van der Waals surface area contributed by atoms with Crippen LogP contribution in [0.4, 0.5) is 0 Å². The molecule has 1 aliphatic rings. The molecule has 38 heavy (non-hydrogen) atoms. The van der Waals surface area contributed by atoms with Crippen molar-refractivity contribution in [3.05, 3.63) is 145 Å². The maximum Gasteiger partial charge on any atom is 0.381 e. The van der Waals surface area contributed by atoms with Crippen LogP contribution in [-0.2, 0) is 0 Å². The fraction of sp³-hybridized carbons (Fsp3) is 0.0556. The van der Waals surface area contributed by atoms with Crippen LogP contribution in [0.2, 0.25) is 0 Å². The van der Waals surface area contributed by atoms with Gasteiger partial charge in [-0.05, 0) is 75.1 Å². The highest BCUT2D eigenvalue weighted by atomic mass is 15.2. The molecule has 0 radical (unpaired) electrons. The molecule has 1 atom stereocenters. The van der Waals surface area contributed by atoms with Gasteiger partial charge in [0.25, 0.3) is 0 Å². The van der Waals surface area contributed by atoms with Crippen LogP contribution in [0.3, 0.4) is 0 Å². The zero-order chi connectivity index (χ0) is 25.2. The first kappa shape index (κ1) is 21.3. The fourth-order valence-electron chi connectivity index (χ4n) is 6.49. The molecule has 0 saturated carbocycles. The quantitative estimate of drug-likeness (QED) is 0.174. The predicted octanol–water partition coefficient (Wildman–Crippen LogP) is 7.77. The summed E-state index contributed by atoms with van der Waals surface area (Å²) in [5.74, 6) is 0.